The van der Waals surface area contributed by atoms with Gasteiger partial charge < -0.3 is 9.47 Å². The van der Waals surface area contributed by atoms with Gasteiger partial charge in [-0.1, -0.05) is 36.4 Å². The van der Waals surface area contributed by atoms with Gasteiger partial charge in [-0.15, -0.1) is 11.3 Å². The average molecular weight is 355 g/mol. The number of carbonyl (C=O) groups is 1. The van der Waals surface area contributed by atoms with Crippen molar-refractivity contribution in [3.63, 3.8) is 0 Å². The third-order valence-electron chi connectivity index (χ3n) is 3.95. The van der Waals surface area contributed by atoms with E-state index in [4.69, 9.17) is 9.47 Å². The molecule has 25 heavy (non-hydrogen) atoms. The zero-order valence-electron chi connectivity index (χ0n) is 13.4. The highest BCUT2D eigenvalue weighted by atomic mass is 32.1. The standard InChI is InChI=1S/C19H14FNO3S/c1-11-21-16(17(25-11)12-6-8-14(20)9-7-12)18(22)24-19-15-5-3-2-4-13(15)10-23-19/h2-9,19H,10H2,1H3. The average Bonchev–Trinajstić information content (AvgIpc) is 3.20. The Morgan fingerprint density at radius 2 is 2.00 bits per heavy atom. The molecule has 2 heterocycles. The van der Waals surface area contributed by atoms with E-state index >= 15 is 0 Å². The smallest absolute Gasteiger partial charge is 0.361 e. The Kier molecular flexibility index (Phi) is 4.07. The molecule has 2 aromatic carbocycles. The molecule has 0 aliphatic carbocycles. The first-order chi connectivity index (χ1) is 12.1. The molecule has 1 aliphatic rings. The summed E-state index contributed by atoms with van der Waals surface area (Å²) < 4.78 is 24.3. The number of ether oxygens (including phenoxy) is 2. The molecule has 4 nitrogen and oxygen atoms in total. The van der Waals surface area contributed by atoms with Crippen molar-refractivity contribution in [1.82, 2.24) is 4.98 Å². The summed E-state index contributed by atoms with van der Waals surface area (Å²) in [5.74, 6) is -0.879. The molecule has 3 aromatic rings. The van der Waals surface area contributed by atoms with Crippen LogP contribution in [-0.4, -0.2) is 11.0 Å². The maximum atomic E-state index is 13.2. The molecule has 4 rings (SSSR count). The molecule has 0 fully saturated rings. The molecule has 0 saturated heterocycles. The summed E-state index contributed by atoms with van der Waals surface area (Å²) in [6.45, 7) is 2.23. The molecule has 6 heteroatoms. The summed E-state index contributed by atoms with van der Waals surface area (Å²) >= 11 is 1.37. The minimum absolute atomic E-state index is 0.224. The Hall–Kier alpha value is -2.57. The number of benzene rings is 2. The van der Waals surface area contributed by atoms with Crippen LogP contribution in [0, 0.1) is 12.7 Å². The highest BCUT2D eigenvalue weighted by Crippen LogP contribution is 2.35. The van der Waals surface area contributed by atoms with Crippen molar-refractivity contribution < 1.29 is 18.7 Å². The van der Waals surface area contributed by atoms with Gasteiger partial charge in [0.05, 0.1) is 16.5 Å². The molecular formula is C19H14FNO3S. The molecule has 126 valence electrons. The lowest BCUT2D eigenvalue weighted by Crippen LogP contribution is -2.12. The molecule has 1 atom stereocenters. The summed E-state index contributed by atoms with van der Waals surface area (Å²) in [6, 6.07) is 13.6. The minimum atomic E-state index is -0.730. The first-order valence-electron chi connectivity index (χ1n) is 7.75. The van der Waals surface area contributed by atoms with Crippen LogP contribution < -0.4 is 0 Å². The largest absolute Gasteiger partial charge is 0.426 e. The molecule has 1 aliphatic heterocycles. The normalized spacial score (nSPS) is 15.8. The predicted octanol–water partition coefficient (Wildman–Crippen LogP) is 4.64. The van der Waals surface area contributed by atoms with Crippen LogP contribution in [0.4, 0.5) is 4.39 Å². The van der Waals surface area contributed by atoms with Crippen molar-refractivity contribution in [2.24, 2.45) is 0 Å². The van der Waals surface area contributed by atoms with E-state index in [2.05, 4.69) is 4.98 Å². The van der Waals surface area contributed by atoms with E-state index in [1.807, 2.05) is 31.2 Å². The molecule has 1 aromatic heterocycles. The maximum Gasteiger partial charge on any atom is 0.361 e. The second-order valence-corrected chi connectivity index (χ2v) is 6.87. The van der Waals surface area contributed by atoms with Gasteiger partial charge in [0.1, 0.15) is 5.82 Å². The van der Waals surface area contributed by atoms with Gasteiger partial charge in [-0.3, -0.25) is 0 Å². The summed E-state index contributed by atoms with van der Waals surface area (Å²) in [5, 5.41) is 0.735. The molecule has 0 spiro atoms. The number of rotatable bonds is 3. The Bertz CT molecular complexity index is 936. The zero-order chi connectivity index (χ0) is 17.4. The zero-order valence-corrected chi connectivity index (χ0v) is 14.2. The van der Waals surface area contributed by atoms with Crippen LogP contribution in [0.1, 0.15) is 32.9 Å². The van der Waals surface area contributed by atoms with Crippen LogP contribution in [0.3, 0.4) is 0 Å². The van der Waals surface area contributed by atoms with Gasteiger partial charge in [0.25, 0.3) is 0 Å². The number of thiazole rings is 1. The van der Waals surface area contributed by atoms with Crippen molar-refractivity contribution in [2.45, 2.75) is 19.8 Å². The number of aryl methyl sites for hydroxylation is 1. The number of halogens is 1. The maximum absolute atomic E-state index is 13.2. The number of carbonyl (C=O) groups excluding carboxylic acids is 1. The highest BCUT2D eigenvalue weighted by Gasteiger charge is 2.29. The fourth-order valence-corrected chi connectivity index (χ4v) is 3.68. The fourth-order valence-electron chi connectivity index (χ4n) is 2.76. The number of hydrogen-bond donors (Lipinski definition) is 0. The number of hydrogen-bond acceptors (Lipinski definition) is 5. The second kappa shape index (κ2) is 6.38. The molecule has 0 N–H and O–H groups in total. The van der Waals surface area contributed by atoms with E-state index in [1.165, 1.54) is 23.5 Å². The van der Waals surface area contributed by atoms with Crippen LogP contribution in [-0.2, 0) is 16.1 Å². The number of esters is 1. The van der Waals surface area contributed by atoms with E-state index in [-0.39, 0.29) is 11.5 Å². The van der Waals surface area contributed by atoms with Crippen molar-refractivity contribution in [3.05, 3.63) is 76.2 Å². The lowest BCUT2D eigenvalue weighted by Gasteiger charge is -2.12. The number of aromatic nitrogens is 1. The monoisotopic (exact) mass is 355 g/mol. The van der Waals surface area contributed by atoms with Crippen molar-refractivity contribution in [1.29, 1.82) is 0 Å². The molecule has 1 unspecified atom stereocenters. The molecular weight excluding hydrogens is 341 g/mol. The topological polar surface area (TPSA) is 48.4 Å². The van der Waals surface area contributed by atoms with E-state index in [1.54, 1.807) is 12.1 Å². The van der Waals surface area contributed by atoms with Crippen molar-refractivity contribution in [2.75, 3.05) is 0 Å². The first kappa shape index (κ1) is 15.9. The summed E-state index contributed by atoms with van der Waals surface area (Å²) in [4.78, 5) is 17.6. The summed E-state index contributed by atoms with van der Waals surface area (Å²) in [7, 11) is 0. The minimum Gasteiger partial charge on any atom is -0.426 e. The number of fused-ring (bicyclic) bond motifs is 1. The SMILES string of the molecule is Cc1nc(C(=O)OC2OCc3ccccc32)c(-c2ccc(F)cc2)s1. The van der Waals surface area contributed by atoms with Gasteiger partial charge in [0.15, 0.2) is 5.69 Å². The number of nitrogens with zero attached hydrogens (tertiary/aromatic N) is 1. The van der Waals surface area contributed by atoms with Gasteiger partial charge in [-0.25, -0.2) is 14.2 Å². The third-order valence-corrected chi connectivity index (χ3v) is 4.97. The Morgan fingerprint density at radius 1 is 1.24 bits per heavy atom. The van der Waals surface area contributed by atoms with Gasteiger partial charge >= 0.3 is 5.97 Å². The lowest BCUT2D eigenvalue weighted by atomic mass is 10.1. The summed E-state index contributed by atoms with van der Waals surface area (Å²) in [6.07, 6.45) is -0.730. The molecule has 0 saturated carbocycles. The van der Waals surface area contributed by atoms with Crippen LogP contribution >= 0.6 is 11.3 Å². The van der Waals surface area contributed by atoms with Gasteiger partial charge in [-0.2, -0.15) is 0 Å². The second-order valence-electron chi connectivity index (χ2n) is 5.66. The summed E-state index contributed by atoms with van der Waals surface area (Å²) in [5.41, 5.74) is 2.81. The van der Waals surface area contributed by atoms with Gasteiger partial charge in [0.2, 0.25) is 6.29 Å². The molecule has 0 radical (unpaired) electrons. The fraction of sp³-hybridized carbons (Fsp3) is 0.158. The van der Waals surface area contributed by atoms with Crippen molar-refractivity contribution >= 4 is 17.3 Å². The molecule has 0 bridgehead atoms. The van der Waals surface area contributed by atoms with Crippen LogP contribution in [0.15, 0.2) is 48.5 Å². The van der Waals surface area contributed by atoms with E-state index in [0.717, 1.165) is 21.7 Å². The van der Waals surface area contributed by atoms with Gasteiger partial charge in [-0.05, 0) is 30.2 Å². The third kappa shape index (κ3) is 3.06. The van der Waals surface area contributed by atoms with Gasteiger partial charge in [0, 0.05) is 5.56 Å². The lowest BCUT2D eigenvalue weighted by molar-refractivity contribution is -0.105. The Morgan fingerprint density at radius 3 is 2.80 bits per heavy atom. The van der Waals surface area contributed by atoms with E-state index < -0.39 is 12.3 Å². The first-order valence-corrected chi connectivity index (χ1v) is 8.57. The van der Waals surface area contributed by atoms with Crippen LogP contribution in [0.5, 0.6) is 0 Å². The van der Waals surface area contributed by atoms with Crippen LogP contribution in [0.2, 0.25) is 0 Å². The predicted molar refractivity (Wildman–Crippen MR) is 91.6 cm³/mol. The van der Waals surface area contributed by atoms with Crippen molar-refractivity contribution in [3.8, 4) is 10.4 Å². The Balaban J connectivity index is 1.62. The van der Waals surface area contributed by atoms with E-state index in [0.29, 0.717) is 11.5 Å². The van der Waals surface area contributed by atoms with Crippen LogP contribution in [0.25, 0.3) is 10.4 Å². The Labute approximate surface area is 147 Å². The highest BCUT2D eigenvalue weighted by molar-refractivity contribution is 7.15. The van der Waals surface area contributed by atoms with E-state index in [9.17, 15) is 9.18 Å². The molecule has 0 amide bonds. The quantitative estimate of drug-likeness (QED) is 0.642.